The summed E-state index contributed by atoms with van der Waals surface area (Å²) >= 11 is -0.468. The molecular formula is C17H34N2O4S2. The molecule has 1 amide bonds. The van der Waals surface area contributed by atoms with Gasteiger partial charge in [0.05, 0.1) is 17.1 Å². The zero-order valence-corrected chi connectivity index (χ0v) is 18.7. The molecule has 0 radical (unpaired) electrons. The van der Waals surface area contributed by atoms with Crippen molar-refractivity contribution in [3.63, 3.8) is 0 Å². The molecule has 0 saturated carbocycles. The fraction of sp³-hybridized carbons (Fsp3) is 0.941. The van der Waals surface area contributed by atoms with Crippen LogP contribution in [0.2, 0.25) is 0 Å². The van der Waals surface area contributed by atoms with Gasteiger partial charge < -0.3 is 4.74 Å². The number of rotatable bonds is 3. The summed E-state index contributed by atoms with van der Waals surface area (Å²) in [6.07, 6.45) is -0.407. The molecule has 1 fully saturated rings. The van der Waals surface area contributed by atoms with E-state index in [1.54, 1.807) is 16.7 Å². The first-order valence-electron chi connectivity index (χ1n) is 8.48. The van der Waals surface area contributed by atoms with E-state index in [0.29, 0.717) is 0 Å². The van der Waals surface area contributed by atoms with Gasteiger partial charge in [0, 0.05) is 10.00 Å². The highest BCUT2D eigenvalue weighted by Crippen LogP contribution is 2.50. The van der Waals surface area contributed by atoms with Gasteiger partial charge in [0.15, 0.2) is 0 Å². The van der Waals surface area contributed by atoms with Crippen LogP contribution in [0.5, 0.6) is 0 Å². The molecule has 0 aliphatic carbocycles. The predicted molar refractivity (Wildman–Crippen MR) is 105 cm³/mol. The lowest BCUT2D eigenvalue weighted by atomic mass is 9.94. The van der Waals surface area contributed by atoms with Gasteiger partial charge in [-0.3, -0.25) is 9.45 Å². The van der Waals surface area contributed by atoms with E-state index in [-0.39, 0.29) is 16.0 Å². The van der Waals surface area contributed by atoms with Crippen LogP contribution in [0.3, 0.4) is 0 Å². The Morgan fingerprint density at radius 3 is 1.96 bits per heavy atom. The molecule has 25 heavy (non-hydrogen) atoms. The number of hydrogen-bond donors (Lipinski definition) is 2. The van der Waals surface area contributed by atoms with E-state index in [0.717, 1.165) is 0 Å². The molecule has 0 bridgehead atoms. The molecule has 0 spiro atoms. The second-order valence-corrected chi connectivity index (χ2v) is 12.3. The van der Waals surface area contributed by atoms with Gasteiger partial charge in [-0.25, -0.2) is 13.7 Å². The zero-order valence-electron chi connectivity index (χ0n) is 17.1. The van der Waals surface area contributed by atoms with Crippen molar-refractivity contribution in [1.29, 1.82) is 0 Å². The van der Waals surface area contributed by atoms with Crippen molar-refractivity contribution in [2.24, 2.45) is 0 Å². The standard InChI is InChI=1S/C17H34N2O4S2/c1-14(2,3)23-13(20)19-16(7,8)11(18-25(21)22)12(17(19,9)10)24-15(4,5)6/h11-12,18H,1-10H3,(H,21,22). The monoisotopic (exact) mass is 394 g/mol. The van der Waals surface area contributed by atoms with Gasteiger partial charge in [-0.05, 0) is 48.5 Å². The quantitative estimate of drug-likeness (QED) is 0.712. The number of nitrogens with one attached hydrogen (secondary N) is 1. The fourth-order valence-corrected chi connectivity index (χ4v) is 5.89. The molecule has 0 aromatic heterocycles. The Labute approximate surface area is 159 Å². The molecule has 6 nitrogen and oxygen atoms in total. The topological polar surface area (TPSA) is 78.9 Å². The van der Waals surface area contributed by atoms with Gasteiger partial charge in [-0.1, -0.05) is 20.8 Å². The Morgan fingerprint density at radius 2 is 1.60 bits per heavy atom. The van der Waals surface area contributed by atoms with Crippen molar-refractivity contribution in [2.75, 3.05) is 0 Å². The van der Waals surface area contributed by atoms with Gasteiger partial charge in [0.1, 0.15) is 5.60 Å². The Bertz CT molecular complexity index is 536. The van der Waals surface area contributed by atoms with E-state index in [1.807, 2.05) is 48.5 Å². The minimum Gasteiger partial charge on any atom is -0.444 e. The Morgan fingerprint density at radius 1 is 1.12 bits per heavy atom. The summed E-state index contributed by atoms with van der Waals surface area (Å²) < 4.78 is 29.3. The van der Waals surface area contributed by atoms with Crippen molar-refractivity contribution < 1.29 is 18.3 Å². The van der Waals surface area contributed by atoms with Crippen LogP contribution in [0, 0.1) is 0 Å². The highest BCUT2D eigenvalue weighted by Gasteiger charge is 2.62. The molecule has 2 N–H and O–H groups in total. The number of likely N-dealkylation sites (tertiary alicyclic amines) is 1. The lowest BCUT2D eigenvalue weighted by Crippen LogP contribution is -2.57. The van der Waals surface area contributed by atoms with Crippen LogP contribution < -0.4 is 4.72 Å². The third kappa shape index (κ3) is 5.34. The van der Waals surface area contributed by atoms with E-state index in [2.05, 4.69) is 25.5 Å². The molecule has 0 aromatic rings. The van der Waals surface area contributed by atoms with Crippen molar-refractivity contribution >= 4 is 29.1 Å². The van der Waals surface area contributed by atoms with Crippen LogP contribution in [0.25, 0.3) is 0 Å². The maximum atomic E-state index is 13.0. The van der Waals surface area contributed by atoms with Gasteiger partial charge in [-0.2, -0.15) is 0 Å². The van der Waals surface area contributed by atoms with E-state index in [4.69, 9.17) is 4.74 Å². The highest BCUT2D eigenvalue weighted by atomic mass is 32.2. The van der Waals surface area contributed by atoms with Crippen molar-refractivity contribution in [3.05, 3.63) is 0 Å². The SMILES string of the molecule is CC(C)(C)OC(=O)N1C(C)(C)C(NS(=O)O)C(SC(C)(C)C)C1(C)C. The lowest BCUT2D eigenvalue weighted by Gasteiger charge is -2.42. The summed E-state index contributed by atoms with van der Waals surface area (Å²) in [6.45, 7) is 19.6. The highest BCUT2D eigenvalue weighted by molar-refractivity contribution is 8.01. The summed E-state index contributed by atoms with van der Waals surface area (Å²) in [7, 11) is 0. The number of hydrogen-bond acceptors (Lipinski definition) is 4. The fourth-order valence-electron chi connectivity index (χ4n) is 3.47. The summed E-state index contributed by atoms with van der Waals surface area (Å²) in [6, 6.07) is -0.370. The smallest absolute Gasteiger partial charge is 0.411 e. The Kier molecular flexibility index (Phi) is 6.38. The third-order valence-corrected chi connectivity index (χ3v) is 6.46. The van der Waals surface area contributed by atoms with Crippen molar-refractivity contribution in [3.8, 4) is 0 Å². The van der Waals surface area contributed by atoms with Crippen molar-refractivity contribution in [2.45, 2.75) is 102 Å². The predicted octanol–water partition coefficient (Wildman–Crippen LogP) is 3.79. The molecular weight excluding hydrogens is 360 g/mol. The maximum Gasteiger partial charge on any atom is 0.411 e. The van der Waals surface area contributed by atoms with E-state index in [1.165, 1.54) is 0 Å². The van der Waals surface area contributed by atoms with Gasteiger partial charge in [-0.15, -0.1) is 11.8 Å². The summed E-state index contributed by atoms with van der Waals surface area (Å²) in [5.74, 6) is 0. The molecule has 8 heteroatoms. The molecule has 1 aliphatic heterocycles. The van der Waals surface area contributed by atoms with Gasteiger partial charge in [0.25, 0.3) is 0 Å². The molecule has 3 unspecified atom stereocenters. The summed E-state index contributed by atoms with van der Waals surface area (Å²) in [5.41, 5.74) is -1.88. The number of carbonyl (C=O) groups excluding carboxylic acids is 1. The van der Waals surface area contributed by atoms with Crippen LogP contribution in [-0.2, 0) is 16.0 Å². The Balaban J connectivity index is 3.38. The first-order valence-corrected chi connectivity index (χ1v) is 10.5. The number of ether oxygens (including phenoxy) is 1. The largest absolute Gasteiger partial charge is 0.444 e. The average Bonchev–Trinajstić information content (AvgIpc) is 2.40. The normalized spacial score (nSPS) is 27.2. The Hall–Kier alpha value is -0.310. The minimum atomic E-state index is -2.17. The third-order valence-electron chi connectivity index (χ3n) is 4.20. The van der Waals surface area contributed by atoms with E-state index < -0.39 is 34.0 Å². The molecule has 1 heterocycles. The number of thioether (sulfide) groups is 1. The molecule has 1 rings (SSSR count). The van der Waals surface area contributed by atoms with Crippen LogP contribution in [0.1, 0.15) is 69.2 Å². The second-order valence-electron chi connectivity index (χ2n) is 9.62. The average molecular weight is 395 g/mol. The molecule has 0 aromatic carbocycles. The number of nitrogens with zero attached hydrogens (tertiary/aromatic N) is 1. The first kappa shape index (κ1) is 22.7. The maximum absolute atomic E-state index is 13.0. The lowest BCUT2D eigenvalue weighted by molar-refractivity contribution is -0.00988. The molecule has 1 saturated heterocycles. The van der Waals surface area contributed by atoms with E-state index >= 15 is 0 Å². The second kappa shape index (κ2) is 7.02. The molecule has 148 valence electrons. The minimum absolute atomic E-state index is 0.0706. The molecule has 3 atom stereocenters. The van der Waals surface area contributed by atoms with Crippen LogP contribution in [0.4, 0.5) is 4.79 Å². The van der Waals surface area contributed by atoms with Crippen LogP contribution >= 0.6 is 11.8 Å². The van der Waals surface area contributed by atoms with E-state index in [9.17, 15) is 13.6 Å². The van der Waals surface area contributed by atoms with Crippen molar-refractivity contribution in [1.82, 2.24) is 9.62 Å². The van der Waals surface area contributed by atoms with Crippen LogP contribution in [0.15, 0.2) is 0 Å². The van der Waals surface area contributed by atoms with Gasteiger partial charge >= 0.3 is 6.09 Å². The first-order chi connectivity index (χ1) is 10.9. The summed E-state index contributed by atoms with van der Waals surface area (Å²) in [5, 5.41) is -0.0916. The van der Waals surface area contributed by atoms with Crippen LogP contribution in [-0.4, -0.2) is 52.5 Å². The summed E-state index contributed by atoms with van der Waals surface area (Å²) in [4.78, 5) is 14.7. The number of carbonyl (C=O) groups is 1. The van der Waals surface area contributed by atoms with Gasteiger partial charge in [0.2, 0.25) is 11.3 Å². The molecule has 1 aliphatic rings. The number of amides is 1. The zero-order chi connectivity index (χ0) is 20.0.